The highest BCUT2D eigenvalue weighted by Crippen LogP contribution is 2.28. The predicted octanol–water partition coefficient (Wildman–Crippen LogP) is 3.77. The molecule has 0 saturated carbocycles. The Labute approximate surface area is 115 Å². The molecule has 2 aromatic rings. The van der Waals surface area contributed by atoms with Crippen molar-refractivity contribution in [2.45, 2.75) is 13.8 Å². The van der Waals surface area contributed by atoms with Gasteiger partial charge in [0.05, 0.1) is 4.47 Å². The van der Waals surface area contributed by atoms with E-state index in [0.29, 0.717) is 11.7 Å². The maximum absolute atomic E-state index is 5.74. The Kier molecular flexibility index (Phi) is 4.15. The molecule has 0 aliphatic heterocycles. The highest BCUT2D eigenvalue weighted by Gasteiger charge is 2.05. The number of hydrogen-bond acceptors (Lipinski definition) is 4. The molecule has 0 radical (unpaired) electrons. The van der Waals surface area contributed by atoms with Crippen molar-refractivity contribution in [2.24, 2.45) is 0 Å². The summed E-state index contributed by atoms with van der Waals surface area (Å²) in [6.07, 6.45) is 0. The Morgan fingerprint density at radius 3 is 2.78 bits per heavy atom. The van der Waals surface area contributed by atoms with E-state index < -0.39 is 0 Å². The first-order valence-corrected chi connectivity index (χ1v) is 6.50. The first-order chi connectivity index (χ1) is 8.69. The Bertz CT molecular complexity index is 546. The SMILES string of the molecule is CCNc1cc(Oc2ccccc2Br)nc(C)n1. The number of anilines is 1. The maximum atomic E-state index is 5.74. The summed E-state index contributed by atoms with van der Waals surface area (Å²) >= 11 is 3.44. The van der Waals surface area contributed by atoms with Crippen LogP contribution in [0.25, 0.3) is 0 Å². The third kappa shape index (κ3) is 3.20. The van der Waals surface area contributed by atoms with E-state index in [2.05, 4.69) is 31.2 Å². The largest absolute Gasteiger partial charge is 0.438 e. The normalized spacial score (nSPS) is 10.2. The van der Waals surface area contributed by atoms with E-state index >= 15 is 0 Å². The Morgan fingerprint density at radius 2 is 2.06 bits per heavy atom. The molecular formula is C13H14BrN3O. The maximum Gasteiger partial charge on any atom is 0.224 e. The van der Waals surface area contributed by atoms with Gasteiger partial charge in [0.2, 0.25) is 5.88 Å². The quantitative estimate of drug-likeness (QED) is 0.934. The van der Waals surface area contributed by atoms with Gasteiger partial charge in [-0.2, -0.15) is 4.98 Å². The summed E-state index contributed by atoms with van der Waals surface area (Å²) in [5.41, 5.74) is 0. The van der Waals surface area contributed by atoms with Gasteiger partial charge in [-0.05, 0) is 41.9 Å². The molecule has 0 bridgehead atoms. The summed E-state index contributed by atoms with van der Waals surface area (Å²) in [6.45, 7) is 4.67. The molecular weight excluding hydrogens is 294 g/mol. The standard InChI is InChI=1S/C13H14BrN3O/c1-3-15-12-8-13(17-9(2)16-12)18-11-7-5-4-6-10(11)14/h4-8H,3H2,1-2H3,(H,15,16,17). The van der Waals surface area contributed by atoms with Crippen LogP contribution in [0.1, 0.15) is 12.7 Å². The molecule has 1 aromatic carbocycles. The van der Waals surface area contributed by atoms with Gasteiger partial charge >= 0.3 is 0 Å². The molecule has 1 aromatic heterocycles. The van der Waals surface area contributed by atoms with Gasteiger partial charge in [-0.25, -0.2) is 4.98 Å². The summed E-state index contributed by atoms with van der Waals surface area (Å²) in [6, 6.07) is 9.45. The second kappa shape index (κ2) is 5.82. The zero-order valence-corrected chi connectivity index (χ0v) is 11.9. The summed E-state index contributed by atoms with van der Waals surface area (Å²) in [4.78, 5) is 8.53. The zero-order valence-electron chi connectivity index (χ0n) is 10.3. The summed E-state index contributed by atoms with van der Waals surface area (Å²) in [7, 11) is 0. The van der Waals surface area contributed by atoms with Crippen LogP contribution in [-0.2, 0) is 0 Å². The first kappa shape index (κ1) is 12.8. The van der Waals surface area contributed by atoms with Crippen molar-refractivity contribution < 1.29 is 4.74 Å². The fourth-order valence-electron chi connectivity index (χ4n) is 1.50. The number of aromatic nitrogens is 2. The third-order valence-corrected chi connectivity index (χ3v) is 2.88. The lowest BCUT2D eigenvalue weighted by Gasteiger charge is -2.09. The Morgan fingerprint density at radius 1 is 1.28 bits per heavy atom. The fraction of sp³-hybridized carbons (Fsp3) is 0.231. The number of halogens is 1. The second-order valence-corrected chi connectivity index (χ2v) is 4.56. The molecule has 1 N–H and O–H groups in total. The molecule has 0 unspecified atom stereocenters. The number of hydrogen-bond donors (Lipinski definition) is 1. The minimum Gasteiger partial charge on any atom is -0.438 e. The molecule has 0 spiro atoms. The van der Waals surface area contributed by atoms with E-state index in [-0.39, 0.29) is 0 Å². The number of ether oxygens (including phenoxy) is 1. The Hall–Kier alpha value is -1.62. The van der Waals surface area contributed by atoms with Crippen molar-refractivity contribution in [1.29, 1.82) is 0 Å². The number of nitrogens with zero attached hydrogens (tertiary/aromatic N) is 2. The lowest BCUT2D eigenvalue weighted by Crippen LogP contribution is -2.02. The molecule has 5 heteroatoms. The van der Waals surface area contributed by atoms with Crippen molar-refractivity contribution in [1.82, 2.24) is 9.97 Å². The van der Waals surface area contributed by atoms with Crippen LogP contribution in [0.15, 0.2) is 34.8 Å². The van der Waals surface area contributed by atoms with Crippen molar-refractivity contribution in [2.75, 3.05) is 11.9 Å². The molecule has 0 atom stereocenters. The lowest BCUT2D eigenvalue weighted by atomic mass is 10.3. The molecule has 0 saturated heterocycles. The molecule has 0 aliphatic carbocycles. The number of aryl methyl sites for hydroxylation is 1. The summed E-state index contributed by atoms with van der Waals surface area (Å²) < 4.78 is 6.63. The number of para-hydroxylation sites is 1. The van der Waals surface area contributed by atoms with Crippen LogP contribution in [0.5, 0.6) is 11.6 Å². The molecule has 0 amide bonds. The van der Waals surface area contributed by atoms with Crippen LogP contribution in [0.4, 0.5) is 5.82 Å². The van der Waals surface area contributed by atoms with Crippen LogP contribution in [-0.4, -0.2) is 16.5 Å². The molecule has 0 aliphatic rings. The summed E-state index contributed by atoms with van der Waals surface area (Å²) in [5.74, 6) is 2.71. The number of nitrogens with one attached hydrogen (secondary N) is 1. The third-order valence-electron chi connectivity index (χ3n) is 2.22. The number of rotatable bonds is 4. The highest BCUT2D eigenvalue weighted by atomic mass is 79.9. The molecule has 94 valence electrons. The van der Waals surface area contributed by atoms with E-state index in [1.54, 1.807) is 6.07 Å². The van der Waals surface area contributed by atoms with Crippen LogP contribution >= 0.6 is 15.9 Å². The fourth-order valence-corrected chi connectivity index (χ4v) is 1.87. The van der Waals surface area contributed by atoms with Crippen molar-refractivity contribution in [3.63, 3.8) is 0 Å². The molecule has 4 nitrogen and oxygen atoms in total. The molecule has 0 fully saturated rings. The zero-order chi connectivity index (χ0) is 13.0. The van der Waals surface area contributed by atoms with Gasteiger partial charge in [0.15, 0.2) is 0 Å². The van der Waals surface area contributed by atoms with Crippen molar-refractivity contribution in [3.05, 3.63) is 40.6 Å². The topological polar surface area (TPSA) is 47.0 Å². The molecule has 2 rings (SSSR count). The minimum atomic E-state index is 0.533. The average molecular weight is 308 g/mol. The van der Waals surface area contributed by atoms with E-state index in [0.717, 1.165) is 22.6 Å². The van der Waals surface area contributed by atoms with Gasteiger partial charge in [-0.1, -0.05) is 12.1 Å². The summed E-state index contributed by atoms with van der Waals surface area (Å²) in [5, 5.41) is 3.15. The molecule has 1 heterocycles. The van der Waals surface area contributed by atoms with Gasteiger partial charge in [0.25, 0.3) is 0 Å². The van der Waals surface area contributed by atoms with E-state index in [9.17, 15) is 0 Å². The Balaban J connectivity index is 2.26. The van der Waals surface area contributed by atoms with Crippen LogP contribution in [0.3, 0.4) is 0 Å². The lowest BCUT2D eigenvalue weighted by molar-refractivity contribution is 0.457. The predicted molar refractivity (Wildman–Crippen MR) is 75.1 cm³/mol. The van der Waals surface area contributed by atoms with Gasteiger partial charge < -0.3 is 10.1 Å². The van der Waals surface area contributed by atoms with E-state index in [4.69, 9.17) is 4.74 Å². The molecule has 18 heavy (non-hydrogen) atoms. The highest BCUT2D eigenvalue weighted by molar-refractivity contribution is 9.10. The van der Waals surface area contributed by atoms with Crippen molar-refractivity contribution >= 4 is 21.7 Å². The van der Waals surface area contributed by atoms with Gasteiger partial charge in [0, 0.05) is 12.6 Å². The van der Waals surface area contributed by atoms with Gasteiger partial charge in [-0.3, -0.25) is 0 Å². The minimum absolute atomic E-state index is 0.533. The van der Waals surface area contributed by atoms with Crippen LogP contribution < -0.4 is 10.1 Å². The number of benzene rings is 1. The van der Waals surface area contributed by atoms with E-state index in [1.165, 1.54) is 0 Å². The van der Waals surface area contributed by atoms with Crippen LogP contribution in [0, 0.1) is 6.92 Å². The van der Waals surface area contributed by atoms with Gasteiger partial charge in [-0.15, -0.1) is 0 Å². The van der Waals surface area contributed by atoms with Crippen molar-refractivity contribution in [3.8, 4) is 11.6 Å². The second-order valence-electron chi connectivity index (χ2n) is 3.70. The van der Waals surface area contributed by atoms with Gasteiger partial charge in [0.1, 0.15) is 17.4 Å². The first-order valence-electron chi connectivity index (χ1n) is 5.71. The van der Waals surface area contributed by atoms with Crippen LogP contribution in [0.2, 0.25) is 0 Å². The average Bonchev–Trinajstić information content (AvgIpc) is 2.32. The van der Waals surface area contributed by atoms with E-state index in [1.807, 2.05) is 38.1 Å². The smallest absolute Gasteiger partial charge is 0.224 e. The monoisotopic (exact) mass is 307 g/mol.